The minimum absolute atomic E-state index is 0. The average molecular weight is 268 g/mol. The number of benzene rings is 1. The highest BCUT2D eigenvalue weighted by Gasteiger charge is 2.11. The van der Waals surface area contributed by atoms with E-state index in [1.807, 2.05) is 29.6 Å². The van der Waals surface area contributed by atoms with Crippen LogP contribution < -0.4 is 10.3 Å². The standard InChI is InChI=1S/C12H9NO2S.ClH/c1-15-9-6-16-11-10(9)7-4-2-3-5-8(7)13-12(11)14;/h2-6H,1H3,(H,13,14);1H. The van der Waals surface area contributed by atoms with Crippen molar-refractivity contribution in [1.82, 2.24) is 4.98 Å². The van der Waals surface area contributed by atoms with E-state index < -0.39 is 0 Å². The van der Waals surface area contributed by atoms with Gasteiger partial charge in [0.25, 0.3) is 5.56 Å². The van der Waals surface area contributed by atoms with Crippen LogP contribution in [-0.2, 0) is 0 Å². The van der Waals surface area contributed by atoms with Crippen LogP contribution in [0, 0.1) is 0 Å². The number of pyridine rings is 1. The van der Waals surface area contributed by atoms with Gasteiger partial charge >= 0.3 is 0 Å². The van der Waals surface area contributed by atoms with Crippen LogP contribution in [-0.4, -0.2) is 12.1 Å². The van der Waals surface area contributed by atoms with Gasteiger partial charge in [-0.3, -0.25) is 4.79 Å². The second kappa shape index (κ2) is 4.39. The molecule has 2 heterocycles. The monoisotopic (exact) mass is 267 g/mol. The zero-order valence-electron chi connectivity index (χ0n) is 9.02. The summed E-state index contributed by atoms with van der Waals surface area (Å²) in [5, 5.41) is 3.80. The molecule has 0 amide bonds. The van der Waals surface area contributed by atoms with Gasteiger partial charge in [0, 0.05) is 21.7 Å². The predicted molar refractivity (Wildman–Crippen MR) is 73.8 cm³/mol. The van der Waals surface area contributed by atoms with Crippen LogP contribution >= 0.6 is 23.7 Å². The lowest BCUT2D eigenvalue weighted by Gasteiger charge is -2.01. The first kappa shape index (κ1) is 12.0. The molecule has 5 heteroatoms. The SMILES string of the molecule is COc1csc2c(=O)[nH]c3ccccc3c12.Cl. The maximum absolute atomic E-state index is 11.8. The normalized spacial score (nSPS) is 10.4. The van der Waals surface area contributed by atoms with E-state index in [1.54, 1.807) is 7.11 Å². The number of H-pyrrole nitrogens is 1. The highest BCUT2D eigenvalue weighted by atomic mass is 35.5. The minimum Gasteiger partial charge on any atom is -0.495 e. The molecule has 0 aliphatic heterocycles. The lowest BCUT2D eigenvalue weighted by molar-refractivity contribution is 0.421. The van der Waals surface area contributed by atoms with Crippen molar-refractivity contribution in [3.8, 4) is 5.75 Å². The topological polar surface area (TPSA) is 42.1 Å². The van der Waals surface area contributed by atoms with Crippen molar-refractivity contribution in [1.29, 1.82) is 0 Å². The lowest BCUT2D eigenvalue weighted by atomic mass is 10.1. The number of hydrogen-bond acceptors (Lipinski definition) is 3. The van der Waals surface area contributed by atoms with Crippen molar-refractivity contribution < 1.29 is 4.74 Å². The first-order valence-corrected chi connectivity index (χ1v) is 5.75. The van der Waals surface area contributed by atoms with Gasteiger partial charge in [-0.25, -0.2) is 0 Å². The molecule has 0 atom stereocenters. The number of aromatic amines is 1. The molecule has 17 heavy (non-hydrogen) atoms. The van der Waals surface area contributed by atoms with Gasteiger partial charge in [0.2, 0.25) is 0 Å². The Bertz CT molecular complexity index is 732. The summed E-state index contributed by atoms with van der Waals surface area (Å²) in [6, 6.07) is 7.75. The average Bonchev–Trinajstić information content (AvgIpc) is 2.74. The minimum atomic E-state index is -0.0537. The molecule has 88 valence electrons. The molecule has 3 nitrogen and oxygen atoms in total. The van der Waals surface area contributed by atoms with Crippen molar-refractivity contribution >= 4 is 44.7 Å². The van der Waals surface area contributed by atoms with Crippen LogP contribution in [0.5, 0.6) is 5.75 Å². The smallest absolute Gasteiger partial charge is 0.266 e. The van der Waals surface area contributed by atoms with E-state index >= 15 is 0 Å². The zero-order chi connectivity index (χ0) is 11.1. The summed E-state index contributed by atoms with van der Waals surface area (Å²) in [6.07, 6.45) is 0. The second-order valence-electron chi connectivity index (χ2n) is 3.51. The predicted octanol–water partition coefficient (Wildman–Crippen LogP) is 3.17. The van der Waals surface area contributed by atoms with Gasteiger partial charge in [0.05, 0.1) is 7.11 Å². The molecule has 0 saturated carbocycles. The number of para-hydroxylation sites is 1. The van der Waals surface area contributed by atoms with Gasteiger partial charge in [-0.2, -0.15) is 0 Å². The van der Waals surface area contributed by atoms with Gasteiger partial charge in [-0.1, -0.05) is 18.2 Å². The van der Waals surface area contributed by atoms with E-state index in [2.05, 4.69) is 4.98 Å². The van der Waals surface area contributed by atoms with Crippen LogP contribution in [0.3, 0.4) is 0 Å². The molecule has 3 rings (SSSR count). The van der Waals surface area contributed by atoms with Crippen molar-refractivity contribution in [2.45, 2.75) is 0 Å². The van der Waals surface area contributed by atoms with Gasteiger partial charge in [0.15, 0.2) is 0 Å². The molecule has 0 aliphatic carbocycles. The molecule has 3 aromatic rings. The highest BCUT2D eigenvalue weighted by molar-refractivity contribution is 7.17. The Morgan fingerprint density at radius 3 is 2.82 bits per heavy atom. The third kappa shape index (κ3) is 1.69. The van der Waals surface area contributed by atoms with Crippen LogP contribution in [0.25, 0.3) is 21.0 Å². The van der Waals surface area contributed by atoms with E-state index in [9.17, 15) is 4.79 Å². The van der Waals surface area contributed by atoms with Crippen LogP contribution in [0.2, 0.25) is 0 Å². The summed E-state index contributed by atoms with van der Waals surface area (Å²) in [7, 11) is 1.62. The van der Waals surface area contributed by atoms with Gasteiger partial charge in [-0.05, 0) is 6.07 Å². The molecule has 1 N–H and O–H groups in total. The summed E-state index contributed by atoms with van der Waals surface area (Å²) >= 11 is 1.41. The third-order valence-electron chi connectivity index (χ3n) is 2.63. The molecule has 0 spiro atoms. The Morgan fingerprint density at radius 1 is 1.29 bits per heavy atom. The third-order valence-corrected chi connectivity index (χ3v) is 3.59. The number of nitrogens with one attached hydrogen (secondary N) is 1. The van der Waals surface area contributed by atoms with Gasteiger partial charge < -0.3 is 9.72 Å². The molecule has 0 fully saturated rings. The first-order valence-electron chi connectivity index (χ1n) is 4.87. The van der Waals surface area contributed by atoms with Gasteiger partial charge in [0.1, 0.15) is 10.4 Å². The Hall–Kier alpha value is -1.52. The summed E-state index contributed by atoms with van der Waals surface area (Å²) in [5.41, 5.74) is 0.790. The van der Waals surface area contributed by atoms with E-state index in [4.69, 9.17) is 4.74 Å². The number of fused-ring (bicyclic) bond motifs is 3. The fraction of sp³-hybridized carbons (Fsp3) is 0.0833. The van der Waals surface area contributed by atoms with Gasteiger partial charge in [-0.15, -0.1) is 23.7 Å². The summed E-state index contributed by atoms with van der Waals surface area (Å²) in [6.45, 7) is 0. The Labute approximate surface area is 107 Å². The quantitative estimate of drug-likeness (QED) is 0.736. The van der Waals surface area contributed by atoms with E-state index in [1.165, 1.54) is 11.3 Å². The maximum atomic E-state index is 11.8. The number of rotatable bonds is 1. The Balaban J connectivity index is 0.00000108. The van der Waals surface area contributed by atoms with Crippen LogP contribution in [0.4, 0.5) is 0 Å². The number of ether oxygens (including phenoxy) is 1. The molecule has 1 aromatic carbocycles. The van der Waals surface area contributed by atoms with E-state index in [0.717, 1.165) is 26.7 Å². The molecule has 0 aliphatic rings. The Morgan fingerprint density at radius 2 is 2.06 bits per heavy atom. The summed E-state index contributed by atoms with van der Waals surface area (Å²) < 4.78 is 6.01. The summed E-state index contributed by atoms with van der Waals surface area (Å²) in [4.78, 5) is 14.7. The van der Waals surface area contributed by atoms with Crippen molar-refractivity contribution in [2.24, 2.45) is 0 Å². The number of halogens is 1. The van der Waals surface area contributed by atoms with Crippen molar-refractivity contribution in [3.63, 3.8) is 0 Å². The number of aromatic nitrogens is 1. The van der Waals surface area contributed by atoms with Crippen molar-refractivity contribution in [2.75, 3.05) is 7.11 Å². The largest absolute Gasteiger partial charge is 0.495 e. The molecular formula is C12H10ClNO2S. The molecular weight excluding hydrogens is 258 g/mol. The number of hydrogen-bond donors (Lipinski definition) is 1. The number of methoxy groups -OCH3 is 1. The fourth-order valence-corrected chi connectivity index (χ4v) is 2.83. The van der Waals surface area contributed by atoms with Crippen LogP contribution in [0.15, 0.2) is 34.4 Å². The summed E-state index contributed by atoms with van der Waals surface area (Å²) in [5.74, 6) is 0.766. The second-order valence-corrected chi connectivity index (χ2v) is 4.39. The highest BCUT2D eigenvalue weighted by Crippen LogP contribution is 2.34. The number of thiophene rings is 1. The van der Waals surface area contributed by atoms with Crippen LogP contribution in [0.1, 0.15) is 0 Å². The fourth-order valence-electron chi connectivity index (χ4n) is 1.90. The zero-order valence-corrected chi connectivity index (χ0v) is 10.7. The Kier molecular flexibility index (Phi) is 3.09. The molecule has 0 bridgehead atoms. The van der Waals surface area contributed by atoms with Crippen molar-refractivity contribution in [3.05, 3.63) is 40.0 Å². The molecule has 2 aromatic heterocycles. The van der Waals surface area contributed by atoms with E-state index in [0.29, 0.717) is 0 Å². The van der Waals surface area contributed by atoms with E-state index in [-0.39, 0.29) is 18.0 Å². The first-order chi connectivity index (χ1) is 7.81. The maximum Gasteiger partial charge on any atom is 0.266 e. The molecule has 0 saturated heterocycles. The lowest BCUT2D eigenvalue weighted by Crippen LogP contribution is -2.04. The molecule has 0 radical (unpaired) electrons. The molecule has 0 unspecified atom stereocenters.